The molecule has 0 bridgehead atoms. The Hall–Kier alpha value is -1.59. The summed E-state index contributed by atoms with van der Waals surface area (Å²) in [5, 5.41) is 138. The van der Waals surface area contributed by atoms with E-state index >= 15 is 0 Å². The molecule has 22 heteroatoms. The highest BCUT2D eigenvalue weighted by Gasteiger charge is 2.68. The number of ether oxygens (including phenoxy) is 8. The molecule has 13 N–H and O–H groups in total. The van der Waals surface area contributed by atoms with Crippen molar-refractivity contribution in [1.29, 1.82) is 0 Å². The van der Waals surface area contributed by atoms with Gasteiger partial charge in [0.2, 0.25) is 6.29 Å². The second-order valence-electron chi connectivity index (χ2n) is 24.7. The van der Waals surface area contributed by atoms with Crippen LogP contribution in [0.25, 0.3) is 0 Å². The Morgan fingerprint density at radius 3 is 1.93 bits per heavy atom. The summed E-state index contributed by atoms with van der Waals surface area (Å²) in [6, 6.07) is 0. The predicted octanol–water partition coefficient (Wildman–Crippen LogP) is -2.17. The SMILES string of the molecule is CC1(C)CC[C@]2(C(=O)O[C@@H]3O[C@H](CO[C@@H]4O[C@H](CO)[C@@H](O)[C@H](O)[C@H]4O)[C@@H](O)[C@H](O)[C@H]3O)CC[C@]3(CO)C(=CC[C@H]4[C@H]3CCC3C(C)(C)[C@@H](O[C@@H]5OC[C@H](O)[C@H](O)[C@H]5O[C@@H]5OC[C@@H](O)[C@H](O)[C@H]5O)CC[C@@]34C)[C@@H]2C1. The van der Waals surface area contributed by atoms with Crippen molar-refractivity contribution in [2.45, 2.75) is 216 Å². The number of rotatable bonds is 11. The molecule has 0 spiro atoms. The highest BCUT2D eigenvalue weighted by molar-refractivity contribution is 5.79. The second-order valence-corrected chi connectivity index (χ2v) is 24.7. The fourth-order valence-electron chi connectivity index (χ4n) is 15.4. The summed E-state index contributed by atoms with van der Waals surface area (Å²) in [7, 11) is 0. The molecule has 1 unspecified atom stereocenters. The summed E-state index contributed by atoms with van der Waals surface area (Å²) in [6.07, 6.45) is -19.6. The third kappa shape index (κ3) is 9.59. The Morgan fingerprint density at radius 2 is 1.25 bits per heavy atom. The van der Waals surface area contributed by atoms with Crippen molar-refractivity contribution < 1.29 is 109 Å². The maximum Gasteiger partial charge on any atom is 0.315 e. The van der Waals surface area contributed by atoms with Gasteiger partial charge in [-0.05, 0) is 104 Å². The minimum absolute atomic E-state index is 0.0718. The van der Waals surface area contributed by atoms with Crippen LogP contribution in [0.3, 0.4) is 0 Å². The summed E-state index contributed by atoms with van der Waals surface area (Å²) in [5.74, 6) is -0.605. The first-order valence-electron chi connectivity index (χ1n) is 26.4. The summed E-state index contributed by atoms with van der Waals surface area (Å²) < 4.78 is 47.2. The molecule has 4 heterocycles. The van der Waals surface area contributed by atoms with Gasteiger partial charge in [0.25, 0.3) is 0 Å². The lowest BCUT2D eigenvalue weighted by Gasteiger charge is -2.67. The highest BCUT2D eigenvalue weighted by atomic mass is 16.8. The van der Waals surface area contributed by atoms with E-state index in [2.05, 4.69) is 40.7 Å². The minimum atomic E-state index is -1.85. The van der Waals surface area contributed by atoms with Crippen molar-refractivity contribution in [3.8, 4) is 0 Å². The van der Waals surface area contributed by atoms with Gasteiger partial charge in [0.15, 0.2) is 18.9 Å². The van der Waals surface area contributed by atoms with E-state index in [0.717, 1.165) is 24.8 Å². The lowest BCUT2D eigenvalue weighted by atomic mass is 9.37. The topological polar surface area (TPSA) is 354 Å². The van der Waals surface area contributed by atoms with E-state index in [1.54, 1.807) is 0 Å². The molecule has 4 saturated carbocycles. The Bertz CT molecular complexity index is 1970. The van der Waals surface area contributed by atoms with Crippen LogP contribution in [0.4, 0.5) is 0 Å². The standard InChI is InChI=1S/C51H82O22/c1-47(2)12-13-50(46(65)73-44-40(64)37(61)35(59)29(70-44)20-68-42-39(63)36(60)34(58)28(17-52)69-42)14-15-51(21-53)23-8-9-30-48(3,4)31(10-11-49(30,5)22(23)6-7-24(51)25(50)16-47)71-45-41(33(57)27(55)19-67-45)72-43-38(62)32(56)26(54)18-66-43/h7,22-23,25-45,52-64H,6,8-21H2,1-5H3/t22-,23+,25-,26+,27-,28+,29+,30?,31-,32-,33-,34+,35+,36-,37-,38+,39+,40+,41+,42+,43-,44-,45-,49+,50-,51+/m0/s1. The number of allylic oxidation sites excluding steroid dienone is 1. The first-order chi connectivity index (χ1) is 34.3. The molecule has 8 fully saturated rings. The van der Waals surface area contributed by atoms with Crippen LogP contribution < -0.4 is 0 Å². The highest BCUT2D eigenvalue weighted by Crippen LogP contribution is 2.72. The van der Waals surface area contributed by atoms with E-state index in [-0.39, 0.29) is 60.4 Å². The Morgan fingerprint density at radius 1 is 0.630 bits per heavy atom. The van der Waals surface area contributed by atoms with Crippen molar-refractivity contribution in [1.82, 2.24) is 0 Å². The third-order valence-electron chi connectivity index (χ3n) is 19.8. The van der Waals surface area contributed by atoms with Gasteiger partial charge >= 0.3 is 5.97 Å². The zero-order chi connectivity index (χ0) is 52.9. The van der Waals surface area contributed by atoms with Gasteiger partial charge in [-0.3, -0.25) is 4.79 Å². The summed E-state index contributed by atoms with van der Waals surface area (Å²) in [6.45, 7) is 9.08. The number of carbonyl (C=O) groups excluding carboxylic acids is 1. The number of esters is 1. The fraction of sp³-hybridized carbons (Fsp3) is 0.941. The van der Waals surface area contributed by atoms with E-state index in [1.807, 2.05) is 0 Å². The van der Waals surface area contributed by atoms with Crippen LogP contribution in [0.1, 0.15) is 98.8 Å². The van der Waals surface area contributed by atoms with Crippen molar-refractivity contribution >= 4 is 5.97 Å². The van der Waals surface area contributed by atoms with E-state index < -0.39 is 146 Å². The molecule has 0 amide bonds. The number of carbonyl (C=O) groups is 1. The molecule has 9 rings (SSSR count). The van der Waals surface area contributed by atoms with Crippen LogP contribution >= 0.6 is 0 Å². The average Bonchev–Trinajstić information content (AvgIpc) is 3.35. The van der Waals surface area contributed by atoms with Crippen LogP contribution in [0, 0.1) is 50.7 Å². The predicted molar refractivity (Wildman–Crippen MR) is 248 cm³/mol. The van der Waals surface area contributed by atoms with Crippen LogP contribution in [-0.4, -0.2) is 222 Å². The molecule has 0 aromatic carbocycles. The molecule has 73 heavy (non-hydrogen) atoms. The molecule has 9 aliphatic rings. The van der Waals surface area contributed by atoms with Gasteiger partial charge in [0, 0.05) is 5.41 Å². The normalized spacial score (nSPS) is 52.6. The molecule has 0 aromatic rings. The number of fused-ring (bicyclic) bond motifs is 7. The van der Waals surface area contributed by atoms with Gasteiger partial charge in [0.05, 0.1) is 44.6 Å². The van der Waals surface area contributed by atoms with Gasteiger partial charge in [0.1, 0.15) is 85.5 Å². The molecule has 0 radical (unpaired) electrons. The molecule has 418 valence electrons. The van der Waals surface area contributed by atoms with Crippen LogP contribution in [0.5, 0.6) is 0 Å². The van der Waals surface area contributed by atoms with Crippen molar-refractivity contribution in [3.63, 3.8) is 0 Å². The van der Waals surface area contributed by atoms with E-state index in [1.165, 1.54) is 0 Å². The molecular weight excluding hydrogens is 965 g/mol. The van der Waals surface area contributed by atoms with Crippen molar-refractivity contribution in [3.05, 3.63) is 11.6 Å². The fourth-order valence-corrected chi connectivity index (χ4v) is 15.4. The first kappa shape index (κ1) is 56.1. The monoisotopic (exact) mass is 1050 g/mol. The molecule has 4 saturated heterocycles. The maximum atomic E-state index is 15.0. The Kier molecular flexibility index (Phi) is 16.1. The molecule has 5 aliphatic carbocycles. The first-order valence-corrected chi connectivity index (χ1v) is 26.4. The van der Waals surface area contributed by atoms with Gasteiger partial charge in [-0.15, -0.1) is 0 Å². The van der Waals surface area contributed by atoms with Gasteiger partial charge in [-0.25, -0.2) is 0 Å². The van der Waals surface area contributed by atoms with Crippen molar-refractivity contribution in [2.75, 3.05) is 33.0 Å². The average molecular weight is 1050 g/mol. The van der Waals surface area contributed by atoms with Gasteiger partial charge in [-0.1, -0.05) is 46.3 Å². The number of hydrogen-bond acceptors (Lipinski definition) is 22. The van der Waals surface area contributed by atoms with Crippen LogP contribution in [-0.2, 0) is 42.7 Å². The summed E-state index contributed by atoms with van der Waals surface area (Å²) >= 11 is 0. The zero-order valence-electron chi connectivity index (χ0n) is 42.5. The summed E-state index contributed by atoms with van der Waals surface area (Å²) in [4.78, 5) is 15.0. The van der Waals surface area contributed by atoms with Crippen molar-refractivity contribution in [2.24, 2.45) is 50.7 Å². The van der Waals surface area contributed by atoms with E-state index in [9.17, 15) is 71.2 Å². The van der Waals surface area contributed by atoms with Crippen LogP contribution in [0.2, 0.25) is 0 Å². The molecule has 0 aromatic heterocycles. The number of aliphatic hydroxyl groups is 13. The van der Waals surface area contributed by atoms with Gasteiger partial charge in [-0.2, -0.15) is 0 Å². The maximum absolute atomic E-state index is 15.0. The lowest BCUT2D eigenvalue weighted by Crippen LogP contribution is -2.64. The van der Waals surface area contributed by atoms with E-state index in [0.29, 0.717) is 44.9 Å². The second kappa shape index (κ2) is 20.9. The number of aliphatic hydroxyl groups excluding tert-OH is 13. The largest absolute Gasteiger partial charge is 0.432 e. The Labute approximate surface area is 425 Å². The number of hydrogen-bond donors (Lipinski definition) is 13. The smallest absolute Gasteiger partial charge is 0.315 e. The van der Waals surface area contributed by atoms with Crippen LogP contribution in [0.15, 0.2) is 11.6 Å². The molecule has 26 atom stereocenters. The molecular formula is C51H82O22. The minimum Gasteiger partial charge on any atom is -0.432 e. The summed E-state index contributed by atoms with van der Waals surface area (Å²) in [5.41, 5.74) is -1.52. The van der Waals surface area contributed by atoms with Gasteiger partial charge < -0.3 is 104 Å². The molecule has 22 nitrogen and oxygen atoms in total. The Balaban J connectivity index is 0.918. The quantitative estimate of drug-likeness (QED) is 0.0595. The lowest BCUT2D eigenvalue weighted by molar-refractivity contribution is -0.356. The molecule has 4 aliphatic heterocycles. The zero-order valence-corrected chi connectivity index (χ0v) is 42.5. The third-order valence-corrected chi connectivity index (χ3v) is 19.8. The van der Waals surface area contributed by atoms with E-state index in [4.69, 9.17) is 37.9 Å².